The van der Waals surface area contributed by atoms with Gasteiger partial charge in [-0.15, -0.1) is 0 Å². The Labute approximate surface area is 103 Å². The van der Waals surface area contributed by atoms with Gasteiger partial charge in [-0.2, -0.15) is 0 Å². The first-order valence-corrected chi connectivity index (χ1v) is 6.60. The normalized spacial score (nSPS) is 29.2. The Kier molecular flexibility index (Phi) is 4.16. The van der Waals surface area contributed by atoms with Crippen molar-refractivity contribution in [2.75, 3.05) is 7.05 Å². The molecule has 0 heterocycles. The third-order valence-electron chi connectivity index (χ3n) is 4.03. The maximum Gasteiger partial charge on any atom is 0.123 e. The molecule has 1 fully saturated rings. The van der Waals surface area contributed by atoms with Crippen LogP contribution in [0, 0.1) is 17.7 Å². The van der Waals surface area contributed by atoms with Gasteiger partial charge in [-0.1, -0.05) is 19.1 Å². The molecule has 1 nitrogen and oxygen atoms in total. The summed E-state index contributed by atoms with van der Waals surface area (Å²) in [5, 5.41) is 3.43. The van der Waals surface area contributed by atoms with Crippen LogP contribution in [-0.2, 0) is 6.42 Å². The first-order valence-electron chi connectivity index (χ1n) is 6.60. The Hall–Kier alpha value is -0.890. The number of benzene rings is 1. The molecule has 3 unspecified atom stereocenters. The number of nitrogens with one attached hydrogen (secondary N) is 1. The van der Waals surface area contributed by atoms with Crippen LogP contribution >= 0.6 is 0 Å². The van der Waals surface area contributed by atoms with Gasteiger partial charge in [0.1, 0.15) is 5.82 Å². The highest BCUT2D eigenvalue weighted by atomic mass is 19.1. The third kappa shape index (κ3) is 3.29. The molecule has 2 rings (SSSR count). The van der Waals surface area contributed by atoms with Gasteiger partial charge in [0.25, 0.3) is 0 Å². The number of halogens is 1. The zero-order chi connectivity index (χ0) is 12.3. The van der Waals surface area contributed by atoms with Gasteiger partial charge in [-0.3, -0.25) is 0 Å². The molecule has 1 aromatic carbocycles. The molecule has 0 spiro atoms. The molecule has 3 atom stereocenters. The van der Waals surface area contributed by atoms with Gasteiger partial charge >= 0.3 is 0 Å². The van der Waals surface area contributed by atoms with Crippen LogP contribution in [0.4, 0.5) is 4.39 Å². The van der Waals surface area contributed by atoms with Crippen LogP contribution in [0.1, 0.15) is 31.7 Å². The lowest BCUT2D eigenvalue weighted by Gasteiger charge is -2.35. The minimum absolute atomic E-state index is 0.143. The van der Waals surface area contributed by atoms with Crippen LogP contribution in [0.25, 0.3) is 0 Å². The van der Waals surface area contributed by atoms with Crippen molar-refractivity contribution in [2.24, 2.45) is 11.8 Å². The van der Waals surface area contributed by atoms with Crippen molar-refractivity contribution >= 4 is 0 Å². The molecule has 2 heteroatoms. The first kappa shape index (κ1) is 12.6. The van der Waals surface area contributed by atoms with Crippen molar-refractivity contribution in [3.05, 3.63) is 35.6 Å². The van der Waals surface area contributed by atoms with E-state index < -0.39 is 0 Å². The minimum atomic E-state index is -0.143. The lowest BCUT2D eigenvalue weighted by atomic mass is 9.76. The fourth-order valence-electron chi connectivity index (χ4n) is 3.03. The van der Waals surface area contributed by atoms with Gasteiger partial charge in [-0.25, -0.2) is 4.39 Å². The monoisotopic (exact) mass is 235 g/mol. The first-order chi connectivity index (χ1) is 8.19. The summed E-state index contributed by atoms with van der Waals surface area (Å²) in [4.78, 5) is 0. The fraction of sp³-hybridized carbons (Fsp3) is 0.600. The van der Waals surface area contributed by atoms with E-state index in [0.717, 1.165) is 12.3 Å². The van der Waals surface area contributed by atoms with Crippen LogP contribution in [0.3, 0.4) is 0 Å². The molecular formula is C15H22FN. The SMILES string of the molecule is CNC1CCC(C)CC1Cc1ccc(F)cc1. The predicted octanol–water partition coefficient (Wildman–Crippen LogP) is 3.39. The second-order valence-corrected chi connectivity index (χ2v) is 5.40. The third-order valence-corrected chi connectivity index (χ3v) is 4.03. The average Bonchev–Trinajstić information content (AvgIpc) is 2.32. The Bertz CT molecular complexity index is 346. The van der Waals surface area contributed by atoms with Gasteiger partial charge in [0.15, 0.2) is 0 Å². The summed E-state index contributed by atoms with van der Waals surface area (Å²) in [7, 11) is 2.05. The van der Waals surface area contributed by atoms with E-state index in [4.69, 9.17) is 0 Å². The molecular weight excluding hydrogens is 213 g/mol. The van der Waals surface area contributed by atoms with Crippen molar-refractivity contribution in [3.8, 4) is 0 Å². The number of hydrogen-bond donors (Lipinski definition) is 1. The van der Waals surface area contributed by atoms with Gasteiger partial charge in [0.05, 0.1) is 0 Å². The molecule has 0 radical (unpaired) electrons. The van der Waals surface area contributed by atoms with Crippen molar-refractivity contribution < 1.29 is 4.39 Å². The highest BCUT2D eigenvalue weighted by Gasteiger charge is 2.27. The Morgan fingerprint density at radius 3 is 2.59 bits per heavy atom. The van der Waals surface area contributed by atoms with Crippen LogP contribution in [0.15, 0.2) is 24.3 Å². The Morgan fingerprint density at radius 2 is 1.94 bits per heavy atom. The van der Waals surface area contributed by atoms with E-state index in [9.17, 15) is 4.39 Å². The number of rotatable bonds is 3. The molecule has 1 aromatic rings. The molecule has 0 bridgehead atoms. The quantitative estimate of drug-likeness (QED) is 0.846. The highest BCUT2D eigenvalue weighted by molar-refractivity contribution is 5.17. The molecule has 0 amide bonds. The standard InChI is InChI=1S/C15H22FN/c1-11-3-8-15(17-2)13(9-11)10-12-4-6-14(16)7-5-12/h4-7,11,13,15,17H,3,8-10H2,1-2H3. The molecule has 0 saturated heterocycles. The molecule has 1 aliphatic carbocycles. The van der Waals surface area contributed by atoms with E-state index in [2.05, 4.69) is 19.3 Å². The largest absolute Gasteiger partial charge is 0.317 e. The lowest BCUT2D eigenvalue weighted by molar-refractivity contribution is 0.220. The molecule has 0 aromatic heterocycles. The highest BCUT2D eigenvalue weighted by Crippen LogP contribution is 2.31. The molecule has 17 heavy (non-hydrogen) atoms. The molecule has 1 saturated carbocycles. The predicted molar refractivity (Wildman–Crippen MR) is 69.5 cm³/mol. The lowest BCUT2D eigenvalue weighted by Crippen LogP contribution is -2.39. The van der Waals surface area contributed by atoms with E-state index in [0.29, 0.717) is 12.0 Å². The zero-order valence-electron chi connectivity index (χ0n) is 10.7. The zero-order valence-corrected chi connectivity index (χ0v) is 10.7. The van der Waals surface area contributed by atoms with Crippen LogP contribution in [-0.4, -0.2) is 13.1 Å². The van der Waals surface area contributed by atoms with Gasteiger partial charge in [0.2, 0.25) is 0 Å². The van der Waals surface area contributed by atoms with Gasteiger partial charge in [-0.05, 0) is 62.3 Å². The average molecular weight is 235 g/mol. The van der Waals surface area contributed by atoms with E-state index in [-0.39, 0.29) is 5.82 Å². The maximum absolute atomic E-state index is 12.9. The van der Waals surface area contributed by atoms with Crippen LogP contribution < -0.4 is 5.32 Å². The molecule has 0 aliphatic heterocycles. The Morgan fingerprint density at radius 1 is 1.24 bits per heavy atom. The summed E-state index contributed by atoms with van der Waals surface area (Å²) < 4.78 is 12.9. The number of hydrogen-bond acceptors (Lipinski definition) is 1. The van der Waals surface area contributed by atoms with Crippen molar-refractivity contribution in [1.29, 1.82) is 0 Å². The summed E-state index contributed by atoms with van der Waals surface area (Å²) in [6.45, 7) is 2.34. The van der Waals surface area contributed by atoms with E-state index in [1.807, 2.05) is 12.1 Å². The van der Waals surface area contributed by atoms with Gasteiger partial charge in [0, 0.05) is 6.04 Å². The van der Waals surface area contributed by atoms with Crippen molar-refractivity contribution in [2.45, 2.75) is 38.6 Å². The summed E-state index contributed by atoms with van der Waals surface area (Å²) >= 11 is 0. The van der Waals surface area contributed by atoms with Crippen molar-refractivity contribution in [3.63, 3.8) is 0 Å². The summed E-state index contributed by atoms with van der Waals surface area (Å²) in [6.07, 6.45) is 4.94. The maximum atomic E-state index is 12.9. The second-order valence-electron chi connectivity index (χ2n) is 5.40. The topological polar surface area (TPSA) is 12.0 Å². The molecule has 1 N–H and O–H groups in total. The van der Waals surface area contributed by atoms with Gasteiger partial charge < -0.3 is 5.32 Å². The second kappa shape index (κ2) is 5.63. The van der Waals surface area contributed by atoms with E-state index in [1.54, 1.807) is 12.1 Å². The van der Waals surface area contributed by atoms with Crippen LogP contribution in [0.2, 0.25) is 0 Å². The molecule has 1 aliphatic rings. The minimum Gasteiger partial charge on any atom is -0.317 e. The Balaban J connectivity index is 2.02. The summed E-state index contributed by atoms with van der Waals surface area (Å²) in [5.41, 5.74) is 1.26. The van der Waals surface area contributed by atoms with E-state index >= 15 is 0 Å². The van der Waals surface area contributed by atoms with Crippen LogP contribution in [0.5, 0.6) is 0 Å². The molecule has 94 valence electrons. The fourth-order valence-corrected chi connectivity index (χ4v) is 3.03. The summed E-state index contributed by atoms with van der Waals surface area (Å²) in [5.74, 6) is 1.37. The van der Waals surface area contributed by atoms with Crippen molar-refractivity contribution in [1.82, 2.24) is 5.32 Å². The van der Waals surface area contributed by atoms with E-state index in [1.165, 1.54) is 24.8 Å². The smallest absolute Gasteiger partial charge is 0.123 e. The summed E-state index contributed by atoms with van der Waals surface area (Å²) in [6, 6.07) is 7.59.